The van der Waals surface area contributed by atoms with Crippen molar-refractivity contribution >= 4 is 27.5 Å². The second-order valence-electron chi connectivity index (χ2n) is 10.5. The average Bonchev–Trinajstić information content (AvgIpc) is 2.84. The van der Waals surface area contributed by atoms with Gasteiger partial charge in [-0.05, 0) is 50.5 Å². The maximum Gasteiger partial charge on any atom is 0.244 e. The molecule has 0 aliphatic carbocycles. The lowest BCUT2D eigenvalue weighted by Gasteiger charge is -2.35. The highest BCUT2D eigenvalue weighted by Gasteiger charge is 2.34. The molecule has 0 aliphatic heterocycles. The molecular formula is C30H37N3O4S. The predicted molar refractivity (Wildman–Crippen MR) is 152 cm³/mol. The third-order valence-electron chi connectivity index (χ3n) is 6.03. The maximum absolute atomic E-state index is 14.0. The molecule has 1 N–H and O–H groups in total. The van der Waals surface area contributed by atoms with Gasteiger partial charge in [-0.1, -0.05) is 78.9 Å². The van der Waals surface area contributed by atoms with Crippen LogP contribution >= 0.6 is 0 Å². The highest BCUT2D eigenvalue weighted by molar-refractivity contribution is 7.92. The molecule has 0 aliphatic rings. The number of anilines is 1. The summed E-state index contributed by atoms with van der Waals surface area (Å²) >= 11 is 0. The zero-order valence-corrected chi connectivity index (χ0v) is 23.5. The standard InChI is InChI=1S/C30H37N3O4S/c1-23-14-12-13-19-26(23)33(38(5,36)37)22-28(34)32(21-25-17-10-7-11-18-25)27(29(35)31-30(2,3)4)20-24-15-8-6-9-16-24/h6-19,27H,20-22H2,1-5H3,(H,31,35)/t27-/m1/s1. The van der Waals surface area contributed by atoms with E-state index in [-0.39, 0.29) is 18.9 Å². The van der Waals surface area contributed by atoms with Crippen molar-refractivity contribution in [2.75, 3.05) is 17.1 Å². The molecule has 1 atom stereocenters. The SMILES string of the molecule is Cc1ccccc1N(CC(=O)N(Cc1ccccc1)[C@H](Cc1ccccc1)C(=O)NC(C)(C)C)S(C)(=O)=O. The molecule has 0 bridgehead atoms. The summed E-state index contributed by atoms with van der Waals surface area (Å²) in [7, 11) is -3.79. The lowest BCUT2D eigenvalue weighted by atomic mass is 10.0. The smallest absolute Gasteiger partial charge is 0.244 e. The largest absolute Gasteiger partial charge is 0.350 e. The Hall–Kier alpha value is -3.65. The molecule has 3 aromatic rings. The number of hydrogen-bond acceptors (Lipinski definition) is 4. The van der Waals surface area contributed by atoms with Gasteiger partial charge in [0.15, 0.2) is 0 Å². The second kappa shape index (κ2) is 12.3. The summed E-state index contributed by atoms with van der Waals surface area (Å²) in [6, 6.07) is 25.1. The summed E-state index contributed by atoms with van der Waals surface area (Å²) in [5.74, 6) is -0.764. The number of para-hydroxylation sites is 1. The van der Waals surface area contributed by atoms with Gasteiger partial charge in [0.1, 0.15) is 12.6 Å². The molecule has 3 aromatic carbocycles. The fraction of sp³-hybridized carbons (Fsp3) is 0.333. The molecule has 0 unspecified atom stereocenters. The van der Waals surface area contributed by atoms with Crippen molar-refractivity contribution in [3.63, 3.8) is 0 Å². The lowest BCUT2D eigenvalue weighted by molar-refractivity contribution is -0.140. The summed E-state index contributed by atoms with van der Waals surface area (Å²) in [6.45, 7) is 7.19. The molecule has 0 spiro atoms. The van der Waals surface area contributed by atoms with Crippen LogP contribution in [0, 0.1) is 6.92 Å². The summed E-state index contributed by atoms with van der Waals surface area (Å²) in [6.07, 6.45) is 1.37. The molecule has 0 radical (unpaired) electrons. The molecule has 8 heteroatoms. The van der Waals surface area contributed by atoms with E-state index >= 15 is 0 Å². The number of benzene rings is 3. The molecular weight excluding hydrogens is 498 g/mol. The van der Waals surface area contributed by atoms with E-state index in [4.69, 9.17) is 0 Å². The Balaban J connectivity index is 2.06. The minimum Gasteiger partial charge on any atom is -0.350 e. The van der Waals surface area contributed by atoms with Crippen molar-refractivity contribution in [1.82, 2.24) is 10.2 Å². The van der Waals surface area contributed by atoms with Crippen LogP contribution in [0.1, 0.15) is 37.5 Å². The van der Waals surface area contributed by atoms with Crippen molar-refractivity contribution in [3.8, 4) is 0 Å². The zero-order valence-electron chi connectivity index (χ0n) is 22.7. The Morgan fingerprint density at radius 3 is 1.89 bits per heavy atom. The van der Waals surface area contributed by atoms with Crippen LogP contribution in [0.15, 0.2) is 84.9 Å². The number of hydrogen-bond donors (Lipinski definition) is 1. The van der Waals surface area contributed by atoms with Gasteiger partial charge in [-0.15, -0.1) is 0 Å². The van der Waals surface area contributed by atoms with Crippen molar-refractivity contribution in [1.29, 1.82) is 0 Å². The van der Waals surface area contributed by atoms with Crippen LogP contribution in [0.4, 0.5) is 5.69 Å². The first-order valence-electron chi connectivity index (χ1n) is 12.6. The fourth-order valence-electron chi connectivity index (χ4n) is 4.22. The van der Waals surface area contributed by atoms with E-state index in [9.17, 15) is 18.0 Å². The number of rotatable bonds is 10. The van der Waals surface area contributed by atoms with E-state index in [1.54, 1.807) is 25.1 Å². The average molecular weight is 536 g/mol. The molecule has 0 saturated heterocycles. The molecule has 7 nitrogen and oxygen atoms in total. The Bertz CT molecular complexity index is 1340. The molecule has 0 heterocycles. The first-order valence-corrected chi connectivity index (χ1v) is 14.4. The summed E-state index contributed by atoms with van der Waals surface area (Å²) < 4.78 is 26.8. The van der Waals surface area contributed by atoms with E-state index in [1.165, 1.54) is 4.90 Å². The molecule has 0 saturated carbocycles. The normalized spacial score (nSPS) is 12.4. The Labute approximate surface area is 226 Å². The fourth-order valence-corrected chi connectivity index (χ4v) is 5.13. The number of carbonyl (C=O) groups is 2. The number of nitrogens with one attached hydrogen (secondary N) is 1. The number of sulfonamides is 1. The van der Waals surface area contributed by atoms with E-state index in [2.05, 4.69) is 5.32 Å². The van der Waals surface area contributed by atoms with Crippen LogP contribution in [0.25, 0.3) is 0 Å². The zero-order chi connectivity index (χ0) is 27.9. The molecule has 202 valence electrons. The van der Waals surface area contributed by atoms with Gasteiger partial charge in [0.2, 0.25) is 21.8 Å². The monoisotopic (exact) mass is 535 g/mol. The van der Waals surface area contributed by atoms with Gasteiger partial charge in [-0.25, -0.2) is 8.42 Å². The van der Waals surface area contributed by atoms with Crippen LogP contribution in [0.5, 0.6) is 0 Å². The molecule has 0 fully saturated rings. The minimum atomic E-state index is -3.79. The third-order valence-corrected chi connectivity index (χ3v) is 7.15. The topological polar surface area (TPSA) is 86.8 Å². The third kappa shape index (κ3) is 8.18. The second-order valence-corrected chi connectivity index (χ2v) is 12.4. The minimum absolute atomic E-state index is 0.153. The summed E-state index contributed by atoms with van der Waals surface area (Å²) in [4.78, 5) is 29.2. The van der Waals surface area contributed by atoms with Gasteiger partial charge in [-0.3, -0.25) is 13.9 Å². The van der Waals surface area contributed by atoms with E-state index in [1.807, 2.05) is 87.5 Å². The van der Waals surface area contributed by atoms with Crippen LogP contribution in [0.2, 0.25) is 0 Å². The van der Waals surface area contributed by atoms with Crippen LogP contribution in [-0.4, -0.2) is 49.5 Å². The van der Waals surface area contributed by atoms with Gasteiger partial charge >= 0.3 is 0 Å². The first-order chi connectivity index (χ1) is 17.8. The molecule has 0 aromatic heterocycles. The number of amides is 2. The van der Waals surface area contributed by atoms with Crippen molar-refractivity contribution in [2.24, 2.45) is 0 Å². The van der Waals surface area contributed by atoms with Crippen LogP contribution in [-0.2, 0) is 32.6 Å². The summed E-state index contributed by atoms with van der Waals surface area (Å²) in [5.41, 5.74) is 2.37. The lowest BCUT2D eigenvalue weighted by Crippen LogP contribution is -2.56. The molecule has 2 amide bonds. The van der Waals surface area contributed by atoms with Gasteiger partial charge in [-0.2, -0.15) is 0 Å². The first kappa shape index (κ1) is 28.9. The van der Waals surface area contributed by atoms with E-state index < -0.39 is 34.1 Å². The highest BCUT2D eigenvalue weighted by Crippen LogP contribution is 2.23. The predicted octanol–water partition coefficient (Wildman–Crippen LogP) is 4.32. The van der Waals surface area contributed by atoms with Gasteiger partial charge in [0.05, 0.1) is 11.9 Å². The Morgan fingerprint density at radius 2 is 1.37 bits per heavy atom. The number of nitrogens with zero attached hydrogens (tertiary/aromatic N) is 2. The van der Waals surface area contributed by atoms with Crippen molar-refractivity contribution < 1.29 is 18.0 Å². The van der Waals surface area contributed by atoms with Crippen molar-refractivity contribution in [2.45, 2.75) is 52.2 Å². The maximum atomic E-state index is 14.0. The van der Waals surface area contributed by atoms with Gasteiger partial charge < -0.3 is 10.2 Å². The van der Waals surface area contributed by atoms with Crippen LogP contribution < -0.4 is 9.62 Å². The Morgan fingerprint density at radius 1 is 0.842 bits per heavy atom. The molecule has 3 rings (SSSR count). The van der Waals surface area contributed by atoms with Gasteiger partial charge in [0, 0.05) is 18.5 Å². The Kier molecular flexibility index (Phi) is 9.33. The summed E-state index contributed by atoms with van der Waals surface area (Å²) in [5, 5.41) is 3.02. The van der Waals surface area contributed by atoms with Crippen molar-refractivity contribution in [3.05, 3.63) is 102 Å². The number of aryl methyl sites for hydroxylation is 1. The highest BCUT2D eigenvalue weighted by atomic mass is 32.2. The van der Waals surface area contributed by atoms with E-state index in [0.717, 1.165) is 27.3 Å². The van der Waals surface area contributed by atoms with E-state index in [0.29, 0.717) is 5.69 Å². The molecule has 38 heavy (non-hydrogen) atoms. The number of carbonyl (C=O) groups excluding carboxylic acids is 2. The quantitative estimate of drug-likeness (QED) is 0.419. The van der Waals surface area contributed by atoms with Crippen LogP contribution in [0.3, 0.4) is 0 Å². The van der Waals surface area contributed by atoms with Gasteiger partial charge in [0.25, 0.3) is 0 Å².